The summed E-state index contributed by atoms with van der Waals surface area (Å²) in [7, 11) is 0. The first-order valence-electron chi connectivity index (χ1n) is 8.08. The third-order valence-electron chi connectivity index (χ3n) is 4.03. The smallest absolute Gasteiger partial charge is 0.169 e. The topological polar surface area (TPSA) is 27.1 Å². The third kappa shape index (κ3) is 3.61. The maximum atomic E-state index is 5.84. The second-order valence-corrected chi connectivity index (χ2v) is 6.68. The van der Waals surface area contributed by atoms with Crippen molar-refractivity contribution in [3.8, 4) is 0 Å². The Bertz CT molecular complexity index is 575. The van der Waals surface area contributed by atoms with Crippen LogP contribution in [0.25, 0.3) is 11.0 Å². The van der Waals surface area contributed by atoms with Crippen LogP contribution in [-0.4, -0.2) is 28.0 Å². The van der Waals surface area contributed by atoms with Crippen LogP contribution in [0.1, 0.15) is 39.0 Å². The van der Waals surface area contributed by atoms with E-state index in [0.29, 0.717) is 6.10 Å². The van der Waals surface area contributed by atoms with Crippen molar-refractivity contribution in [2.24, 2.45) is 0 Å². The summed E-state index contributed by atoms with van der Waals surface area (Å²) in [6.45, 7) is 4.23. The zero-order valence-electron chi connectivity index (χ0n) is 12.8. The van der Waals surface area contributed by atoms with Gasteiger partial charge in [0.05, 0.1) is 17.1 Å². The lowest BCUT2D eigenvalue weighted by atomic mass is 10.1. The number of nitrogens with zero attached hydrogens (tertiary/aromatic N) is 2. The fourth-order valence-electron chi connectivity index (χ4n) is 2.80. The molecule has 4 heteroatoms. The molecule has 2 aromatic rings. The highest BCUT2D eigenvalue weighted by atomic mass is 32.2. The number of aryl methyl sites for hydroxylation is 1. The Balaban J connectivity index is 1.75. The Morgan fingerprint density at radius 1 is 1.33 bits per heavy atom. The number of aromatic nitrogens is 2. The number of thioether (sulfide) groups is 1. The monoisotopic (exact) mass is 304 g/mol. The van der Waals surface area contributed by atoms with Crippen LogP contribution in [0.5, 0.6) is 0 Å². The number of fused-ring (bicyclic) bond motifs is 1. The van der Waals surface area contributed by atoms with Crippen molar-refractivity contribution in [3.63, 3.8) is 0 Å². The first-order chi connectivity index (χ1) is 10.4. The summed E-state index contributed by atoms with van der Waals surface area (Å²) < 4.78 is 8.22. The van der Waals surface area contributed by atoms with Crippen LogP contribution in [0.2, 0.25) is 0 Å². The molecule has 1 saturated heterocycles. The molecule has 1 aromatic carbocycles. The largest absolute Gasteiger partial charge is 0.377 e. The van der Waals surface area contributed by atoms with Crippen LogP contribution in [0, 0.1) is 0 Å². The number of unbranched alkanes of at least 4 members (excludes halogenated alkanes) is 1. The first-order valence-corrected chi connectivity index (χ1v) is 9.06. The molecule has 0 aliphatic carbocycles. The van der Waals surface area contributed by atoms with Crippen LogP contribution in [0.3, 0.4) is 0 Å². The fourth-order valence-corrected chi connectivity index (χ4v) is 3.91. The Labute approximate surface area is 131 Å². The van der Waals surface area contributed by atoms with Gasteiger partial charge >= 0.3 is 0 Å². The third-order valence-corrected chi connectivity index (χ3v) is 5.14. The Hall–Kier alpha value is -1.00. The molecular formula is C17H24N2OS. The van der Waals surface area contributed by atoms with Gasteiger partial charge in [0.25, 0.3) is 0 Å². The highest BCUT2D eigenvalue weighted by molar-refractivity contribution is 7.99. The van der Waals surface area contributed by atoms with Crippen molar-refractivity contribution in [1.29, 1.82) is 0 Å². The molecule has 0 spiro atoms. The summed E-state index contributed by atoms with van der Waals surface area (Å²) in [5.41, 5.74) is 2.37. The first kappa shape index (κ1) is 14.9. The van der Waals surface area contributed by atoms with Crippen molar-refractivity contribution in [2.45, 2.75) is 56.8 Å². The van der Waals surface area contributed by atoms with E-state index < -0.39 is 0 Å². The maximum absolute atomic E-state index is 5.84. The molecule has 1 aliphatic heterocycles. The molecule has 1 aliphatic rings. The van der Waals surface area contributed by atoms with Crippen LogP contribution in [0.4, 0.5) is 0 Å². The molecule has 0 bridgehead atoms. The van der Waals surface area contributed by atoms with Gasteiger partial charge in [-0.3, -0.25) is 0 Å². The van der Waals surface area contributed by atoms with Gasteiger partial charge in [0.15, 0.2) is 5.16 Å². The van der Waals surface area contributed by atoms with Crippen LogP contribution >= 0.6 is 11.8 Å². The number of imidazole rings is 1. The highest BCUT2D eigenvalue weighted by Crippen LogP contribution is 2.27. The molecule has 1 fully saturated rings. The molecule has 1 aromatic heterocycles. The molecule has 0 amide bonds. The van der Waals surface area contributed by atoms with Gasteiger partial charge in [-0.25, -0.2) is 4.98 Å². The number of hydrogen-bond donors (Lipinski definition) is 0. The quantitative estimate of drug-likeness (QED) is 0.735. The van der Waals surface area contributed by atoms with Crippen molar-refractivity contribution in [2.75, 3.05) is 12.4 Å². The normalized spacial score (nSPS) is 19.2. The summed E-state index contributed by atoms with van der Waals surface area (Å²) in [5.74, 6) is 1.02. The summed E-state index contributed by atoms with van der Waals surface area (Å²) in [6.07, 6.45) is 6.54. The van der Waals surface area contributed by atoms with Gasteiger partial charge in [0, 0.05) is 18.9 Å². The van der Waals surface area contributed by atoms with Crippen molar-refractivity contribution in [3.05, 3.63) is 24.3 Å². The lowest BCUT2D eigenvalue weighted by Gasteiger charge is -2.22. The van der Waals surface area contributed by atoms with Crippen LogP contribution in [-0.2, 0) is 11.3 Å². The predicted octanol–water partition coefficient (Wildman–Crippen LogP) is 4.50. The average molecular weight is 304 g/mol. The van der Waals surface area contributed by atoms with E-state index >= 15 is 0 Å². The molecule has 3 nitrogen and oxygen atoms in total. The molecule has 3 rings (SSSR count). The molecule has 1 atom stereocenters. The minimum absolute atomic E-state index is 0.406. The van der Waals surface area contributed by atoms with Gasteiger partial charge in [-0.15, -0.1) is 0 Å². The lowest BCUT2D eigenvalue weighted by Crippen LogP contribution is -2.21. The molecule has 0 radical (unpaired) electrons. The standard InChI is InChI=1S/C17H24N2OS/c1-2-3-11-19-16-10-5-4-9-15(16)18-17(19)21-13-14-8-6-7-12-20-14/h4-5,9-10,14H,2-3,6-8,11-13H2,1H3/t14-/m1/s1. The number of benzene rings is 1. The minimum Gasteiger partial charge on any atom is -0.377 e. The van der Waals surface area contributed by atoms with Gasteiger partial charge in [0.2, 0.25) is 0 Å². The second-order valence-electron chi connectivity index (χ2n) is 5.69. The number of para-hydroxylation sites is 2. The maximum Gasteiger partial charge on any atom is 0.169 e. The van der Waals surface area contributed by atoms with Gasteiger partial charge in [0.1, 0.15) is 0 Å². The Morgan fingerprint density at radius 3 is 3.05 bits per heavy atom. The number of ether oxygens (including phenoxy) is 1. The summed E-state index contributed by atoms with van der Waals surface area (Å²) in [6, 6.07) is 8.46. The van der Waals surface area contributed by atoms with Crippen molar-refractivity contribution < 1.29 is 4.74 Å². The zero-order chi connectivity index (χ0) is 14.5. The molecular weight excluding hydrogens is 280 g/mol. The summed E-state index contributed by atoms with van der Waals surface area (Å²) in [5, 5.41) is 1.15. The lowest BCUT2D eigenvalue weighted by molar-refractivity contribution is 0.0315. The van der Waals surface area contributed by atoms with Crippen LogP contribution in [0.15, 0.2) is 29.4 Å². The van der Waals surface area contributed by atoms with Crippen molar-refractivity contribution >= 4 is 22.8 Å². The average Bonchev–Trinajstić information content (AvgIpc) is 2.89. The van der Waals surface area contributed by atoms with E-state index in [1.807, 2.05) is 11.8 Å². The fraction of sp³-hybridized carbons (Fsp3) is 0.588. The van der Waals surface area contributed by atoms with E-state index in [4.69, 9.17) is 9.72 Å². The van der Waals surface area contributed by atoms with Gasteiger partial charge < -0.3 is 9.30 Å². The van der Waals surface area contributed by atoms with E-state index in [0.717, 1.165) is 29.6 Å². The van der Waals surface area contributed by atoms with E-state index in [9.17, 15) is 0 Å². The predicted molar refractivity (Wildman–Crippen MR) is 89.0 cm³/mol. The van der Waals surface area contributed by atoms with E-state index in [2.05, 4.69) is 35.8 Å². The van der Waals surface area contributed by atoms with E-state index in [1.165, 1.54) is 37.6 Å². The van der Waals surface area contributed by atoms with E-state index in [-0.39, 0.29) is 0 Å². The molecule has 114 valence electrons. The molecule has 0 N–H and O–H groups in total. The minimum atomic E-state index is 0.406. The zero-order valence-corrected chi connectivity index (χ0v) is 13.6. The van der Waals surface area contributed by atoms with Gasteiger partial charge in [-0.1, -0.05) is 37.2 Å². The molecule has 21 heavy (non-hydrogen) atoms. The second kappa shape index (κ2) is 7.32. The summed E-state index contributed by atoms with van der Waals surface area (Å²) in [4.78, 5) is 4.82. The molecule has 0 saturated carbocycles. The van der Waals surface area contributed by atoms with Gasteiger partial charge in [-0.05, 0) is 37.8 Å². The van der Waals surface area contributed by atoms with Crippen molar-refractivity contribution in [1.82, 2.24) is 9.55 Å². The molecule has 0 unspecified atom stereocenters. The Kier molecular flexibility index (Phi) is 5.20. The number of hydrogen-bond acceptors (Lipinski definition) is 3. The van der Waals surface area contributed by atoms with Gasteiger partial charge in [-0.2, -0.15) is 0 Å². The number of rotatable bonds is 6. The highest BCUT2D eigenvalue weighted by Gasteiger charge is 2.17. The van der Waals surface area contributed by atoms with E-state index in [1.54, 1.807) is 0 Å². The SMILES string of the molecule is CCCCn1c(SC[C@H]2CCCCO2)nc2ccccc21. The van der Waals surface area contributed by atoms with Crippen LogP contribution < -0.4 is 0 Å². The Morgan fingerprint density at radius 2 is 2.24 bits per heavy atom. The summed E-state index contributed by atoms with van der Waals surface area (Å²) >= 11 is 1.86. The molecule has 2 heterocycles.